The van der Waals surface area contributed by atoms with Gasteiger partial charge >= 0.3 is 0 Å². The summed E-state index contributed by atoms with van der Waals surface area (Å²) in [6.45, 7) is 9.19. The fourth-order valence-corrected chi connectivity index (χ4v) is 2.75. The Bertz CT molecular complexity index is 355. The molecule has 4 heteroatoms. The van der Waals surface area contributed by atoms with Gasteiger partial charge in [-0.2, -0.15) is 0 Å². The van der Waals surface area contributed by atoms with Crippen molar-refractivity contribution in [2.75, 3.05) is 25.0 Å². The predicted octanol–water partition coefficient (Wildman–Crippen LogP) is 2.97. The maximum absolute atomic E-state index is 4.44. The Morgan fingerprint density at radius 2 is 2.11 bits per heavy atom. The first kappa shape index (κ1) is 14.4. The molecule has 2 heterocycles. The molecule has 1 unspecified atom stereocenters. The first-order valence-corrected chi connectivity index (χ1v) is 7.79. The van der Waals surface area contributed by atoms with E-state index in [9.17, 15) is 0 Å². The van der Waals surface area contributed by atoms with E-state index in [1.54, 1.807) is 0 Å². The van der Waals surface area contributed by atoms with Crippen LogP contribution in [-0.4, -0.2) is 40.1 Å². The van der Waals surface area contributed by atoms with Crippen LogP contribution >= 0.6 is 0 Å². The zero-order chi connectivity index (χ0) is 13.5. The quantitative estimate of drug-likeness (QED) is 0.822. The van der Waals surface area contributed by atoms with E-state index in [1.807, 2.05) is 6.20 Å². The Hall–Kier alpha value is -1.03. The number of hydrogen-bond acceptors (Lipinski definition) is 3. The highest BCUT2D eigenvalue weighted by Crippen LogP contribution is 2.12. The molecule has 0 bridgehead atoms. The Balaban J connectivity index is 1.80. The van der Waals surface area contributed by atoms with Crippen molar-refractivity contribution < 1.29 is 0 Å². The van der Waals surface area contributed by atoms with Gasteiger partial charge in [0.25, 0.3) is 0 Å². The average Bonchev–Trinajstić information content (AvgIpc) is 2.84. The molecule has 1 aliphatic rings. The van der Waals surface area contributed by atoms with Crippen molar-refractivity contribution in [1.29, 1.82) is 0 Å². The largest absolute Gasteiger partial charge is 0.352 e. The standard InChI is InChI=1S/C15H28N4/c1-3-4-11-19-12-8-16-15(19)17-14(2)13-18-9-6-5-7-10-18/h8,12,14H,3-7,9-11,13H2,1-2H3,(H,16,17). The summed E-state index contributed by atoms with van der Waals surface area (Å²) in [5.41, 5.74) is 0. The van der Waals surface area contributed by atoms with Gasteiger partial charge in [-0.1, -0.05) is 19.8 Å². The summed E-state index contributed by atoms with van der Waals surface area (Å²) < 4.78 is 2.23. The molecule has 19 heavy (non-hydrogen) atoms. The highest BCUT2D eigenvalue weighted by Gasteiger charge is 2.14. The zero-order valence-electron chi connectivity index (χ0n) is 12.4. The molecule has 0 aromatic carbocycles. The zero-order valence-corrected chi connectivity index (χ0v) is 12.4. The van der Waals surface area contributed by atoms with Crippen LogP contribution in [0.25, 0.3) is 0 Å². The van der Waals surface area contributed by atoms with Crippen LogP contribution < -0.4 is 5.32 Å². The second kappa shape index (κ2) is 7.53. The minimum absolute atomic E-state index is 0.459. The number of aryl methyl sites for hydroxylation is 1. The Kier molecular flexibility index (Phi) is 5.70. The lowest BCUT2D eigenvalue weighted by Gasteiger charge is -2.29. The minimum atomic E-state index is 0.459. The van der Waals surface area contributed by atoms with Crippen LogP contribution in [0.3, 0.4) is 0 Å². The van der Waals surface area contributed by atoms with Crippen LogP contribution in [0.4, 0.5) is 5.95 Å². The highest BCUT2D eigenvalue weighted by atomic mass is 15.2. The van der Waals surface area contributed by atoms with E-state index in [2.05, 4.69) is 39.8 Å². The van der Waals surface area contributed by atoms with Gasteiger partial charge in [-0.3, -0.25) is 0 Å². The van der Waals surface area contributed by atoms with E-state index >= 15 is 0 Å². The molecule has 1 aromatic heterocycles. The molecule has 1 aliphatic heterocycles. The van der Waals surface area contributed by atoms with Gasteiger partial charge in [-0.25, -0.2) is 4.98 Å². The molecule has 2 rings (SSSR count). The van der Waals surface area contributed by atoms with E-state index in [-0.39, 0.29) is 0 Å². The van der Waals surface area contributed by atoms with Gasteiger partial charge in [0.1, 0.15) is 0 Å². The number of imidazole rings is 1. The summed E-state index contributed by atoms with van der Waals surface area (Å²) in [6, 6.07) is 0.459. The Morgan fingerprint density at radius 1 is 1.32 bits per heavy atom. The number of aromatic nitrogens is 2. The van der Waals surface area contributed by atoms with Crippen LogP contribution in [0.1, 0.15) is 46.0 Å². The number of likely N-dealkylation sites (tertiary alicyclic amines) is 1. The molecule has 1 N–H and O–H groups in total. The summed E-state index contributed by atoms with van der Waals surface area (Å²) in [5.74, 6) is 1.03. The number of piperidine rings is 1. The summed E-state index contributed by atoms with van der Waals surface area (Å²) >= 11 is 0. The second-order valence-corrected chi connectivity index (χ2v) is 5.70. The maximum Gasteiger partial charge on any atom is 0.203 e. The fraction of sp³-hybridized carbons (Fsp3) is 0.800. The van der Waals surface area contributed by atoms with Crippen molar-refractivity contribution in [3.05, 3.63) is 12.4 Å². The van der Waals surface area contributed by atoms with Crippen molar-refractivity contribution in [2.24, 2.45) is 0 Å². The smallest absolute Gasteiger partial charge is 0.203 e. The van der Waals surface area contributed by atoms with Crippen LogP contribution in [-0.2, 0) is 6.54 Å². The lowest BCUT2D eigenvalue weighted by molar-refractivity contribution is 0.223. The maximum atomic E-state index is 4.44. The average molecular weight is 264 g/mol. The first-order chi connectivity index (χ1) is 9.29. The monoisotopic (exact) mass is 264 g/mol. The number of nitrogens with zero attached hydrogens (tertiary/aromatic N) is 3. The molecule has 0 amide bonds. The third kappa shape index (κ3) is 4.53. The normalized spacial score (nSPS) is 18.4. The second-order valence-electron chi connectivity index (χ2n) is 5.70. The topological polar surface area (TPSA) is 33.1 Å². The predicted molar refractivity (Wildman–Crippen MR) is 80.5 cm³/mol. The highest BCUT2D eigenvalue weighted by molar-refractivity contribution is 5.27. The summed E-state index contributed by atoms with van der Waals surface area (Å²) in [6.07, 6.45) is 10.5. The van der Waals surface area contributed by atoms with Crippen LogP contribution in [0.5, 0.6) is 0 Å². The van der Waals surface area contributed by atoms with Gasteiger partial charge in [0.15, 0.2) is 0 Å². The Labute approximate surface area is 117 Å². The van der Waals surface area contributed by atoms with Crippen molar-refractivity contribution >= 4 is 5.95 Å². The van der Waals surface area contributed by atoms with Gasteiger partial charge < -0.3 is 14.8 Å². The van der Waals surface area contributed by atoms with Gasteiger partial charge in [-0.05, 0) is 39.3 Å². The number of rotatable bonds is 7. The minimum Gasteiger partial charge on any atom is -0.352 e. The molecular weight excluding hydrogens is 236 g/mol. The summed E-state index contributed by atoms with van der Waals surface area (Å²) in [7, 11) is 0. The van der Waals surface area contributed by atoms with Crippen molar-refractivity contribution in [1.82, 2.24) is 14.5 Å². The van der Waals surface area contributed by atoms with E-state index in [1.165, 1.54) is 45.2 Å². The van der Waals surface area contributed by atoms with Crippen molar-refractivity contribution in [2.45, 2.75) is 58.5 Å². The van der Waals surface area contributed by atoms with Gasteiger partial charge in [-0.15, -0.1) is 0 Å². The van der Waals surface area contributed by atoms with Crippen LogP contribution in [0.2, 0.25) is 0 Å². The van der Waals surface area contributed by atoms with E-state index in [4.69, 9.17) is 0 Å². The number of anilines is 1. The van der Waals surface area contributed by atoms with Gasteiger partial charge in [0.2, 0.25) is 5.95 Å². The van der Waals surface area contributed by atoms with Crippen LogP contribution in [0, 0.1) is 0 Å². The number of unbranched alkanes of at least 4 members (excludes halogenated alkanes) is 1. The molecule has 0 saturated carbocycles. The third-order valence-corrected chi connectivity index (χ3v) is 3.82. The van der Waals surface area contributed by atoms with E-state index in [0.717, 1.165) is 19.0 Å². The summed E-state index contributed by atoms with van der Waals surface area (Å²) in [4.78, 5) is 7.01. The molecule has 1 aromatic rings. The molecule has 1 saturated heterocycles. The molecule has 0 spiro atoms. The summed E-state index contributed by atoms with van der Waals surface area (Å²) in [5, 5.41) is 3.56. The van der Waals surface area contributed by atoms with Crippen molar-refractivity contribution in [3.63, 3.8) is 0 Å². The number of hydrogen-bond donors (Lipinski definition) is 1. The molecule has 1 atom stereocenters. The number of nitrogens with one attached hydrogen (secondary N) is 1. The third-order valence-electron chi connectivity index (χ3n) is 3.82. The molecule has 4 nitrogen and oxygen atoms in total. The lowest BCUT2D eigenvalue weighted by Crippen LogP contribution is -2.38. The SMILES string of the molecule is CCCCn1ccnc1NC(C)CN1CCCCC1. The Morgan fingerprint density at radius 3 is 2.84 bits per heavy atom. The van der Waals surface area contributed by atoms with E-state index < -0.39 is 0 Å². The fourth-order valence-electron chi connectivity index (χ4n) is 2.75. The molecule has 108 valence electrons. The van der Waals surface area contributed by atoms with E-state index in [0.29, 0.717) is 6.04 Å². The first-order valence-electron chi connectivity index (χ1n) is 7.79. The molecule has 0 radical (unpaired) electrons. The van der Waals surface area contributed by atoms with Gasteiger partial charge in [0.05, 0.1) is 0 Å². The van der Waals surface area contributed by atoms with Crippen LogP contribution in [0.15, 0.2) is 12.4 Å². The molecule has 0 aliphatic carbocycles. The van der Waals surface area contributed by atoms with Crippen molar-refractivity contribution in [3.8, 4) is 0 Å². The molecular formula is C15H28N4. The van der Waals surface area contributed by atoms with Gasteiger partial charge in [0, 0.05) is 31.5 Å². The lowest BCUT2D eigenvalue weighted by atomic mass is 10.1. The molecule has 1 fully saturated rings.